The largest absolute Gasteiger partial charge is 0.343 e. The van der Waals surface area contributed by atoms with Gasteiger partial charge in [-0.15, -0.1) is 0 Å². The van der Waals surface area contributed by atoms with Crippen LogP contribution in [0.5, 0.6) is 0 Å². The van der Waals surface area contributed by atoms with Crippen LogP contribution in [0.15, 0.2) is 36.5 Å². The summed E-state index contributed by atoms with van der Waals surface area (Å²) < 4.78 is 0. The molecule has 22 heavy (non-hydrogen) atoms. The molecular formula is C16H16ClN3O2. The minimum atomic E-state index is -0.435. The van der Waals surface area contributed by atoms with Gasteiger partial charge in [0.25, 0.3) is 5.91 Å². The van der Waals surface area contributed by atoms with E-state index in [9.17, 15) is 9.59 Å². The number of pyridine rings is 1. The minimum Gasteiger partial charge on any atom is -0.343 e. The van der Waals surface area contributed by atoms with Crippen LogP contribution in [0.1, 0.15) is 21.5 Å². The summed E-state index contributed by atoms with van der Waals surface area (Å²) in [7, 11) is 0. The second-order valence-electron chi connectivity index (χ2n) is 4.84. The lowest BCUT2D eigenvalue weighted by Gasteiger charge is -2.12. The molecule has 5 nitrogen and oxygen atoms in total. The van der Waals surface area contributed by atoms with E-state index in [1.165, 1.54) is 6.20 Å². The normalized spacial score (nSPS) is 10.1. The van der Waals surface area contributed by atoms with Crippen LogP contribution in [-0.2, 0) is 4.79 Å². The first-order valence-corrected chi connectivity index (χ1v) is 7.11. The van der Waals surface area contributed by atoms with Crippen molar-refractivity contribution in [3.8, 4) is 0 Å². The van der Waals surface area contributed by atoms with Crippen LogP contribution in [0.2, 0.25) is 5.15 Å². The number of aromatic nitrogens is 1. The summed E-state index contributed by atoms with van der Waals surface area (Å²) in [5.41, 5.74) is 2.94. The zero-order valence-corrected chi connectivity index (χ0v) is 13.1. The van der Waals surface area contributed by atoms with E-state index in [0.29, 0.717) is 0 Å². The van der Waals surface area contributed by atoms with E-state index < -0.39 is 5.91 Å². The quantitative estimate of drug-likeness (QED) is 0.852. The van der Waals surface area contributed by atoms with E-state index in [1.807, 2.05) is 32.0 Å². The molecule has 0 unspecified atom stereocenters. The summed E-state index contributed by atoms with van der Waals surface area (Å²) in [4.78, 5) is 27.7. The van der Waals surface area contributed by atoms with Gasteiger partial charge >= 0.3 is 0 Å². The van der Waals surface area contributed by atoms with Gasteiger partial charge in [-0.1, -0.05) is 29.8 Å². The molecule has 114 valence electrons. The molecule has 0 aliphatic carbocycles. The number of halogens is 1. The average molecular weight is 318 g/mol. The third-order valence-electron chi connectivity index (χ3n) is 3.16. The first-order chi connectivity index (χ1) is 10.5. The van der Waals surface area contributed by atoms with E-state index in [0.717, 1.165) is 16.8 Å². The maximum atomic E-state index is 12.0. The third-order valence-corrected chi connectivity index (χ3v) is 3.46. The van der Waals surface area contributed by atoms with Crippen LogP contribution in [0, 0.1) is 13.8 Å². The summed E-state index contributed by atoms with van der Waals surface area (Å²) in [5, 5.41) is 5.43. The fourth-order valence-corrected chi connectivity index (χ4v) is 2.21. The van der Waals surface area contributed by atoms with Crippen molar-refractivity contribution in [1.82, 2.24) is 10.3 Å². The fraction of sp³-hybridized carbons (Fsp3) is 0.188. The molecule has 2 N–H and O–H groups in total. The maximum absolute atomic E-state index is 12.0. The highest BCUT2D eigenvalue weighted by atomic mass is 35.5. The van der Waals surface area contributed by atoms with Crippen molar-refractivity contribution in [2.45, 2.75) is 13.8 Å². The first kappa shape index (κ1) is 16.0. The Hall–Kier alpha value is -2.40. The summed E-state index contributed by atoms with van der Waals surface area (Å²) in [6.45, 7) is 3.69. The van der Waals surface area contributed by atoms with Gasteiger partial charge in [0.15, 0.2) is 0 Å². The summed E-state index contributed by atoms with van der Waals surface area (Å²) in [6, 6.07) is 8.91. The molecule has 2 rings (SSSR count). The first-order valence-electron chi connectivity index (χ1n) is 6.74. The van der Waals surface area contributed by atoms with E-state index in [-0.39, 0.29) is 23.2 Å². The van der Waals surface area contributed by atoms with Crippen molar-refractivity contribution in [3.05, 3.63) is 58.4 Å². The van der Waals surface area contributed by atoms with E-state index >= 15 is 0 Å². The van der Waals surface area contributed by atoms with Gasteiger partial charge in [-0.25, -0.2) is 4.98 Å². The van der Waals surface area contributed by atoms with Crippen molar-refractivity contribution < 1.29 is 9.59 Å². The van der Waals surface area contributed by atoms with Crippen LogP contribution < -0.4 is 10.6 Å². The SMILES string of the molecule is Cc1cccc(C)c1NC(=O)CNC(=O)c1cccnc1Cl. The molecule has 0 bridgehead atoms. The second-order valence-corrected chi connectivity index (χ2v) is 5.20. The number of carbonyl (C=O) groups excluding carboxylic acids is 2. The predicted octanol–water partition coefficient (Wildman–Crippen LogP) is 2.72. The Balaban J connectivity index is 1.96. The number of hydrogen-bond acceptors (Lipinski definition) is 3. The average Bonchev–Trinajstić information content (AvgIpc) is 2.49. The van der Waals surface area contributed by atoms with Crippen molar-refractivity contribution >= 4 is 29.1 Å². The van der Waals surface area contributed by atoms with E-state index in [4.69, 9.17) is 11.6 Å². The molecule has 0 spiro atoms. The molecule has 0 radical (unpaired) electrons. The molecule has 2 aromatic rings. The highest BCUT2D eigenvalue weighted by molar-refractivity contribution is 6.32. The van der Waals surface area contributed by atoms with Crippen molar-refractivity contribution in [1.29, 1.82) is 0 Å². The second kappa shape index (κ2) is 7.04. The molecule has 6 heteroatoms. The molecule has 0 saturated carbocycles. The minimum absolute atomic E-state index is 0.107. The molecule has 0 aliphatic rings. The summed E-state index contributed by atoms with van der Waals surface area (Å²) in [6.07, 6.45) is 1.49. The van der Waals surface area contributed by atoms with Crippen molar-refractivity contribution in [2.75, 3.05) is 11.9 Å². The Morgan fingerprint density at radius 3 is 2.45 bits per heavy atom. The molecule has 1 aromatic carbocycles. The molecule has 0 fully saturated rings. The zero-order valence-electron chi connectivity index (χ0n) is 12.3. The number of benzene rings is 1. The molecule has 1 aromatic heterocycles. The van der Waals surface area contributed by atoms with Gasteiger partial charge in [-0.05, 0) is 37.1 Å². The van der Waals surface area contributed by atoms with Gasteiger partial charge in [-0.2, -0.15) is 0 Å². The lowest BCUT2D eigenvalue weighted by molar-refractivity contribution is -0.115. The van der Waals surface area contributed by atoms with E-state index in [2.05, 4.69) is 15.6 Å². The number of carbonyl (C=O) groups is 2. The van der Waals surface area contributed by atoms with Crippen LogP contribution in [-0.4, -0.2) is 23.3 Å². The van der Waals surface area contributed by atoms with Crippen molar-refractivity contribution in [2.24, 2.45) is 0 Å². The summed E-state index contributed by atoms with van der Waals surface area (Å²) in [5.74, 6) is -0.736. The van der Waals surface area contributed by atoms with Crippen LogP contribution in [0.25, 0.3) is 0 Å². The predicted molar refractivity (Wildman–Crippen MR) is 86.1 cm³/mol. The van der Waals surface area contributed by atoms with Gasteiger partial charge in [0.2, 0.25) is 5.91 Å². The lowest BCUT2D eigenvalue weighted by Crippen LogP contribution is -2.33. The van der Waals surface area contributed by atoms with Crippen molar-refractivity contribution in [3.63, 3.8) is 0 Å². The van der Waals surface area contributed by atoms with Crippen LogP contribution >= 0.6 is 11.6 Å². The molecule has 2 amide bonds. The van der Waals surface area contributed by atoms with E-state index in [1.54, 1.807) is 12.1 Å². The van der Waals surface area contributed by atoms with Gasteiger partial charge in [-0.3, -0.25) is 9.59 Å². The maximum Gasteiger partial charge on any atom is 0.254 e. The molecular weight excluding hydrogens is 302 g/mol. The summed E-state index contributed by atoms with van der Waals surface area (Å²) >= 11 is 5.83. The Bertz CT molecular complexity index is 696. The smallest absolute Gasteiger partial charge is 0.254 e. The van der Waals surface area contributed by atoms with Gasteiger partial charge in [0.05, 0.1) is 12.1 Å². The monoisotopic (exact) mass is 317 g/mol. The number of rotatable bonds is 4. The number of amides is 2. The van der Waals surface area contributed by atoms with Gasteiger partial charge in [0, 0.05) is 11.9 Å². The van der Waals surface area contributed by atoms with Crippen LogP contribution in [0.3, 0.4) is 0 Å². The number of nitrogens with zero attached hydrogens (tertiary/aromatic N) is 1. The Labute approximate surface area is 133 Å². The Morgan fingerprint density at radius 1 is 1.14 bits per heavy atom. The topological polar surface area (TPSA) is 71.1 Å². The Kier molecular flexibility index (Phi) is 5.12. The number of hydrogen-bond donors (Lipinski definition) is 2. The fourth-order valence-electron chi connectivity index (χ4n) is 2.01. The highest BCUT2D eigenvalue weighted by Crippen LogP contribution is 2.19. The molecule has 0 aliphatic heterocycles. The van der Waals surface area contributed by atoms with Gasteiger partial charge in [0.1, 0.15) is 5.15 Å². The third kappa shape index (κ3) is 3.83. The standard InChI is InChI=1S/C16H16ClN3O2/c1-10-5-3-6-11(2)14(10)20-13(21)9-19-16(22)12-7-4-8-18-15(12)17/h3-8H,9H2,1-2H3,(H,19,22)(H,20,21). The number of para-hydroxylation sites is 1. The van der Waals surface area contributed by atoms with Crippen LogP contribution in [0.4, 0.5) is 5.69 Å². The Morgan fingerprint density at radius 2 is 1.82 bits per heavy atom. The molecule has 1 heterocycles. The zero-order chi connectivity index (χ0) is 16.1. The lowest BCUT2D eigenvalue weighted by atomic mass is 10.1. The number of nitrogens with one attached hydrogen (secondary N) is 2. The van der Waals surface area contributed by atoms with Gasteiger partial charge < -0.3 is 10.6 Å². The number of anilines is 1. The number of aryl methyl sites for hydroxylation is 2. The molecule has 0 atom stereocenters. The highest BCUT2D eigenvalue weighted by Gasteiger charge is 2.13. The molecule has 0 saturated heterocycles.